The summed E-state index contributed by atoms with van der Waals surface area (Å²) in [5.41, 5.74) is 0.0564. The Morgan fingerprint density at radius 1 is 1.10 bits per heavy atom. The van der Waals surface area contributed by atoms with E-state index in [1.54, 1.807) is 31.2 Å². The van der Waals surface area contributed by atoms with Crippen LogP contribution in [0, 0.1) is 0 Å². The van der Waals surface area contributed by atoms with E-state index in [2.05, 4.69) is 15.4 Å². The molecule has 1 amide bonds. The Labute approximate surface area is 232 Å². The highest BCUT2D eigenvalue weighted by Gasteiger charge is 2.36. The molecule has 0 aliphatic carbocycles. The van der Waals surface area contributed by atoms with Gasteiger partial charge in [0.25, 0.3) is 5.91 Å². The van der Waals surface area contributed by atoms with E-state index < -0.39 is 39.6 Å². The van der Waals surface area contributed by atoms with Crippen LogP contribution in [0.2, 0.25) is 5.02 Å². The molecule has 2 aromatic carbocycles. The number of halogens is 4. The predicted molar refractivity (Wildman–Crippen MR) is 144 cm³/mol. The number of nitrogens with one attached hydrogen (secondary N) is 1. The summed E-state index contributed by atoms with van der Waals surface area (Å²) in [7, 11) is -3.18. The van der Waals surface area contributed by atoms with Crippen molar-refractivity contribution in [3.05, 3.63) is 76.6 Å². The first-order valence-electron chi connectivity index (χ1n) is 12.3. The molecule has 4 aromatic rings. The molecule has 1 aliphatic heterocycles. The Hall–Kier alpha value is -3.48. The number of rotatable bonds is 5. The van der Waals surface area contributed by atoms with Gasteiger partial charge in [-0.25, -0.2) is 17.9 Å². The number of sulfone groups is 1. The Morgan fingerprint density at radius 2 is 1.75 bits per heavy atom. The van der Waals surface area contributed by atoms with Crippen molar-refractivity contribution < 1.29 is 31.5 Å². The van der Waals surface area contributed by atoms with Crippen molar-refractivity contribution in [1.82, 2.24) is 19.9 Å². The molecule has 210 valence electrons. The second-order valence-corrected chi connectivity index (χ2v) is 12.7. The maximum atomic E-state index is 13.5. The number of aliphatic hydroxyl groups is 1. The van der Waals surface area contributed by atoms with Gasteiger partial charge in [0.15, 0.2) is 5.65 Å². The molecule has 1 saturated heterocycles. The van der Waals surface area contributed by atoms with Crippen LogP contribution in [0.1, 0.15) is 41.4 Å². The summed E-state index contributed by atoms with van der Waals surface area (Å²) in [5.74, 6) is -0.733. The number of fused-ring (bicyclic) bond motifs is 1. The third-order valence-corrected chi connectivity index (χ3v) is 9.07. The molecule has 5 rings (SSSR count). The summed E-state index contributed by atoms with van der Waals surface area (Å²) in [6.45, 7) is 1.13. The van der Waals surface area contributed by atoms with E-state index in [0.29, 0.717) is 27.4 Å². The molecule has 1 fully saturated rings. The lowest BCUT2D eigenvalue weighted by Gasteiger charge is -2.34. The lowest BCUT2D eigenvalue weighted by molar-refractivity contribution is -0.137. The summed E-state index contributed by atoms with van der Waals surface area (Å²) >= 11 is 6.46. The molecule has 3 heterocycles. The predicted octanol–water partition coefficient (Wildman–Crippen LogP) is 4.92. The monoisotopic (exact) mass is 592 g/mol. The van der Waals surface area contributed by atoms with Crippen LogP contribution in [0.15, 0.2) is 54.7 Å². The van der Waals surface area contributed by atoms with Crippen LogP contribution in [-0.2, 0) is 22.6 Å². The summed E-state index contributed by atoms with van der Waals surface area (Å²) in [5, 5.41) is 17.8. The van der Waals surface area contributed by atoms with Crippen molar-refractivity contribution in [3.8, 4) is 22.4 Å². The van der Waals surface area contributed by atoms with Crippen LogP contribution in [0.5, 0.6) is 0 Å². The highest BCUT2D eigenvalue weighted by atomic mass is 35.5. The molecular formula is C27H24ClF3N4O4S. The van der Waals surface area contributed by atoms with E-state index in [1.807, 2.05) is 0 Å². The molecular weight excluding hydrogens is 569 g/mol. The third-order valence-electron chi connectivity index (χ3n) is 7.09. The van der Waals surface area contributed by atoms with Gasteiger partial charge in [0.2, 0.25) is 0 Å². The van der Waals surface area contributed by atoms with E-state index in [0.717, 1.165) is 12.1 Å². The van der Waals surface area contributed by atoms with Crippen LogP contribution < -0.4 is 5.32 Å². The van der Waals surface area contributed by atoms with Gasteiger partial charge in [0.05, 0.1) is 29.4 Å². The standard InChI is InChI=1S/C27H24ClF3N4O4S/c1-26(10-12-40(38,39)13-11-26)33-25(37)22-21(15-36)34-35-23(16-6-8-17(9-7-16)27(29,30)31)19(14-32-24(22)35)18-4-2-3-5-20(18)28/h2-9,14,36H,10-13,15H2,1H3,(H,33,37). The van der Waals surface area contributed by atoms with Gasteiger partial charge in [-0.15, -0.1) is 0 Å². The number of carbonyl (C=O) groups excluding carboxylic acids is 1. The lowest BCUT2D eigenvalue weighted by Crippen LogP contribution is -2.51. The van der Waals surface area contributed by atoms with Crippen LogP contribution in [0.4, 0.5) is 13.2 Å². The van der Waals surface area contributed by atoms with Crippen LogP contribution in [0.3, 0.4) is 0 Å². The first-order chi connectivity index (χ1) is 18.8. The van der Waals surface area contributed by atoms with E-state index in [1.165, 1.54) is 22.8 Å². The average molecular weight is 593 g/mol. The molecule has 1 aliphatic rings. The van der Waals surface area contributed by atoms with Crippen molar-refractivity contribution in [1.29, 1.82) is 0 Å². The van der Waals surface area contributed by atoms with E-state index in [4.69, 9.17) is 11.6 Å². The molecule has 0 unspecified atom stereocenters. The van der Waals surface area contributed by atoms with Crippen LogP contribution in [0.25, 0.3) is 28.0 Å². The SMILES string of the molecule is CC1(NC(=O)c2c(CO)nn3c(-c4ccc(C(F)(F)F)cc4)c(-c4ccccc4Cl)cnc23)CCS(=O)(=O)CC1. The second-order valence-electron chi connectivity index (χ2n) is 9.96. The number of nitrogens with zero attached hydrogens (tertiary/aromatic N) is 3. The summed E-state index contributed by atoms with van der Waals surface area (Å²) in [4.78, 5) is 18.0. The fourth-order valence-corrected chi connectivity index (χ4v) is 6.76. The molecule has 2 aromatic heterocycles. The zero-order chi connectivity index (χ0) is 28.9. The average Bonchev–Trinajstić information content (AvgIpc) is 3.29. The van der Waals surface area contributed by atoms with Crippen molar-refractivity contribution in [3.63, 3.8) is 0 Å². The summed E-state index contributed by atoms with van der Waals surface area (Å²) < 4.78 is 65.0. The molecule has 0 atom stereocenters. The molecule has 0 bridgehead atoms. The number of aliphatic hydroxyl groups excluding tert-OH is 1. The molecule has 13 heteroatoms. The number of hydrogen-bond acceptors (Lipinski definition) is 6. The van der Waals surface area contributed by atoms with Crippen molar-refractivity contribution in [2.24, 2.45) is 0 Å². The molecule has 0 radical (unpaired) electrons. The zero-order valence-electron chi connectivity index (χ0n) is 21.2. The van der Waals surface area contributed by atoms with E-state index in [-0.39, 0.29) is 41.3 Å². The fourth-order valence-electron chi connectivity index (χ4n) is 4.79. The van der Waals surface area contributed by atoms with Gasteiger partial charge in [0, 0.05) is 33.4 Å². The first kappa shape index (κ1) is 28.1. The van der Waals surface area contributed by atoms with Gasteiger partial charge in [-0.05, 0) is 38.0 Å². The smallest absolute Gasteiger partial charge is 0.390 e. The Kier molecular flexibility index (Phi) is 7.13. The van der Waals surface area contributed by atoms with Gasteiger partial charge in [-0.1, -0.05) is 41.9 Å². The van der Waals surface area contributed by atoms with Gasteiger partial charge >= 0.3 is 6.18 Å². The normalized spacial score (nSPS) is 16.6. The van der Waals surface area contributed by atoms with Gasteiger partial charge in [0.1, 0.15) is 21.1 Å². The number of hydrogen-bond donors (Lipinski definition) is 2. The molecule has 0 saturated carbocycles. The highest BCUT2D eigenvalue weighted by molar-refractivity contribution is 7.91. The second kappa shape index (κ2) is 10.2. The van der Waals surface area contributed by atoms with Gasteiger partial charge in [-0.2, -0.15) is 18.3 Å². The topological polar surface area (TPSA) is 114 Å². The third kappa shape index (κ3) is 5.30. The van der Waals surface area contributed by atoms with Crippen molar-refractivity contribution in [2.45, 2.75) is 38.1 Å². The molecule has 40 heavy (non-hydrogen) atoms. The zero-order valence-corrected chi connectivity index (χ0v) is 22.7. The Morgan fingerprint density at radius 3 is 2.35 bits per heavy atom. The van der Waals surface area contributed by atoms with Crippen molar-refractivity contribution >= 4 is 33.0 Å². The van der Waals surface area contributed by atoms with Crippen LogP contribution >= 0.6 is 11.6 Å². The quantitative estimate of drug-likeness (QED) is 0.340. The Bertz CT molecular complexity index is 1710. The molecule has 0 spiro atoms. The number of aromatic nitrogens is 3. The lowest BCUT2D eigenvalue weighted by atomic mass is 9.94. The highest BCUT2D eigenvalue weighted by Crippen LogP contribution is 2.38. The summed E-state index contributed by atoms with van der Waals surface area (Å²) in [6, 6.07) is 11.3. The maximum Gasteiger partial charge on any atom is 0.416 e. The number of alkyl halides is 3. The van der Waals surface area contributed by atoms with Gasteiger partial charge in [-0.3, -0.25) is 4.79 Å². The minimum absolute atomic E-state index is 0.00139. The maximum absolute atomic E-state index is 13.5. The van der Waals surface area contributed by atoms with Crippen molar-refractivity contribution in [2.75, 3.05) is 11.5 Å². The molecule has 2 N–H and O–H groups in total. The molecule has 8 nitrogen and oxygen atoms in total. The first-order valence-corrected chi connectivity index (χ1v) is 14.5. The number of carbonyl (C=O) groups is 1. The fraction of sp³-hybridized carbons (Fsp3) is 0.296. The number of amides is 1. The van der Waals surface area contributed by atoms with Gasteiger partial charge < -0.3 is 10.4 Å². The van der Waals surface area contributed by atoms with Crippen LogP contribution in [-0.4, -0.2) is 51.1 Å². The number of benzene rings is 2. The minimum Gasteiger partial charge on any atom is -0.390 e. The Balaban J connectivity index is 1.68. The minimum atomic E-state index is -4.53. The van der Waals surface area contributed by atoms with E-state index >= 15 is 0 Å². The summed E-state index contributed by atoms with van der Waals surface area (Å²) in [6.07, 6.45) is -2.64. The van der Waals surface area contributed by atoms with E-state index in [9.17, 15) is 31.5 Å². The largest absolute Gasteiger partial charge is 0.416 e.